The zero-order valence-corrected chi connectivity index (χ0v) is 8.96. The van der Waals surface area contributed by atoms with Gasteiger partial charge in [-0.05, 0) is 28.4 Å². The summed E-state index contributed by atoms with van der Waals surface area (Å²) in [6, 6.07) is 2.12. The van der Waals surface area contributed by atoms with E-state index in [1.54, 1.807) is 0 Å². The van der Waals surface area contributed by atoms with Crippen molar-refractivity contribution in [3.63, 3.8) is 0 Å². The van der Waals surface area contributed by atoms with Crippen LogP contribution in [0.1, 0.15) is 23.1 Å². The van der Waals surface area contributed by atoms with Crippen molar-refractivity contribution in [3.8, 4) is 0 Å². The molecule has 1 heterocycles. The molecule has 0 amide bonds. The second-order valence-corrected chi connectivity index (χ2v) is 4.51. The molecule has 3 heteroatoms. The molecule has 11 heavy (non-hydrogen) atoms. The van der Waals surface area contributed by atoms with Crippen LogP contribution in [0.15, 0.2) is 10.5 Å². The van der Waals surface area contributed by atoms with E-state index in [1.807, 2.05) is 11.3 Å². The van der Waals surface area contributed by atoms with E-state index < -0.39 is 0 Å². The Morgan fingerprint density at radius 1 is 1.64 bits per heavy atom. The van der Waals surface area contributed by atoms with Gasteiger partial charge in [0.25, 0.3) is 0 Å². The van der Waals surface area contributed by atoms with Gasteiger partial charge < -0.3 is 5.73 Å². The van der Waals surface area contributed by atoms with E-state index in [9.17, 15) is 0 Å². The molecule has 0 unspecified atom stereocenters. The highest BCUT2D eigenvalue weighted by atomic mass is 79.9. The van der Waals surface area contributed by atoms with Gasteiger partial charge in [-0.3, -0.25) is 0 Å². The summed E-state index contributed by atoms with van der Waals surface area (Å²) >= 11 is 5.33. The molecule has 0 fully saturated rings. The van der Waals surface area contributed by atoms with Gasteiger partial charge >= 0.3 is 0 Å². The van der Waals surface area contributed by atoms with E-state index in [-0.39, 0.29) is 0 Å². The molecule has 0 radical (unpaired) electrons. The topological polar surface area (TPSA) is 26.0 Å². The third-order valence-electron chi connectivity index (χ3n) is 1.49. The molecule has 0 saturated heterocycles. The molecule has 0 aliphatic heterocycles. The molecule has 1 rings (SSSR count). The van der Waals surface area contributed by atoms with E-state index >= 15 is 0 Å². The van der Waals surface area contributed by atoms with Gasteiger partial charge in [0.2, 0.25) is 0 Å². The Kier molecular flexibility index (Phi) is 3.55. The molecule has 0 bridgehead atoms. The highest BCUT2D eigenvalue weighted by Gasteiger charge is 2.03. The van der Waals surface area contributed by atoms with E-state index in [4.69, 9.17) is 5.73 Å². The van der Waals surface area contributed by atoms with Gasteiger partial charge in [-0.25, -0.2) is 0 Å². The average molecular weight is 234 g/mol. The number of thiophene rings is 1. The lowest BCUT2D eigenvalue weighted by molar-refractivity contribution is 0.936. The second-order valence-electron chi connectivity index (χ2n) is 2.44. The van der Waals surface area contributed by atoms with Crippen molar-refractivity contribution in [1.82, 2.24) is 0 Å². The Morgan fingerprint density at radius 3 is 2.82 bits per heavy atom. The van der Waals surface area contributed by atoms with E-state index in [0.717, 1.165) is 6.42 Å². The molecule has 1 aromatic rings. The molecule has 2 N–H and O–H groups in total. The van der Waals surface area contributed by atoms with E-state index in [2.05, 4.69) is 28.9 Å². The van der Waals surface area contributed by atoms with Gasteiger partial charge in [0, 0.05) is 20.8 Å². The van der Waals surface area contributed by atoms with Crippen LogP contribution in [0.25, 0.3) is 0 Å². The zero-order chi connectivity index (χ0) is 8.27. The molecular formula is C8H12BrNS. The van der Waals surface area contributed by atoms with Gasteiger partial charge in [0.15, 0.2) is 0 Å². The molecule has 0 atom stereocenters. The van der Waals surface area contributed by atoms with Crippen molar-refractivity contribution >= 4 is 27.3 Å². The van der Waals surface area contributed by atoms with Gasteiger partial charge in [-0.15, -0.1) is 11.3 Å². The standard InChI is InChI=1S/C8H12BrNS/c1-2-3-8-7(9)4-6(5-10)11-8/h4H,2-3,5,10H2,1H3. The molecule has 1 nitrogen and oxygen atoms in total. The molecular weight excluding hydrogens is 222 g/mol. The monoisotopic (exact) mass is 233 g/mol. The number of hydrogen-bond acceptors (Lipinski definition) is 2. The summed E-state index contributed by atoms with van der Waals surface area (Å²) < 4.78 is 1.23. The first-order chi connectivity index (χ1) is 5.27. The minimum absolute atomic E-state index is 0.660. The Morgan fingerprint density at radius 2 is 2.36 bits per heavy atom. The third kappa shape index (κ3) is 2.29. The maximum atomic E-state index is 5.52. The summed E-state index contributed by atoms with van der Waals surface area (Å²) in [5.74, 6) is 0. The molecule has 0 aliphatic rings. The van der Waals surface area contributed by atoms with Gasteiger partial charge in [0.05, 0.1) is 0 Å². The number of aryl methyl sites for hydroxylation is 1. The summed E-state index contributed by atoms with van der Waals surface area (Å²) in [5.41, 5.74) is 5.52. The van der Waals surface area contributed by atoms with Crippen molar-refractivity contribution in [2.75, 3.05) is 0 Å². The smallest absolute Gasteiger partial charge is 0.0317 e. The minimum atomic E-state index is 0.660. The summed E-state index contributed by atoms with van der Waals surface area (Å²) in [5, 5.41) is 0. The highest BCUT2D eigenvalue weighted by Crippen LogP contribution is 2.28. The lowest BCUT2D eigenvalue weighted by Crippen LogP contribution is -1.91. The van der Waals surface area contributed by atoms with E-state index in [1.165, 1.54) is 20.6 Å². The first kappa shape index (κ1) is 9.23. The summed E-state index contributed by atoms with van der Waals surface area (Å²) in [7, 11) is 0. The van der Waals surface area contributed by atoms with Crippen molar-refractivity contribution in [2.45, 2.75) is 26.3 Å². The Labute approximate surface area is 79.7 Å². The van der Waals surface area contributed by atoms with Crippen LogP contribution < -0.4 is 5.73 Å². The quantitative estimate of drug-likeness (QED) is 0.854. The maximum Gasteiger partial charge on any atom is 0.0317 e. The molecule has 62 valence electrons. The summed E-state index contributed by atoms with van der Waals surface area (Å²) in [6.07, 6.45) is 2.36. The highest BCUT2D eigenvalue weighted by molar-refractivity contribution is 9.10. The van der Waals surface area contributed by atoms with Crippen LogP contribution in [0.2, 0.25) is 0 Å². The number of hydrogen-bond donors (Lipinski definition) is 1. The van der Waals surface area contributed by atoms with Crippen LogP contribution in [0.5, 0.6) is 0 Å². The van der Waals surface area contributed by atoms with Crippen molar-refractivity contribution in [1.29, 1.82) is 0 Å². The lowest BCUT2D eigenvalue weighted by atomic mass is 10.3. The van der Waals surface area contributed by atoms with E-state index in [0.29, 0.717) is 6.54 Å². The van der Waals surface area contributed by atoms with Crippen LogP contribution >= 0.6 is 27.3 Å². The van der Waals surface area contributed by atoms with Crippen molar-refractivity contribution in [3.05, 3.63) is 20.3 Å². The molecule has 0 aromatic carbocycles. The maximum absolute atomic E-state index is 5.52. The number of nitrogens with two attached hydrogens (primary N) is 1. The zero-order valence-electron chi connectivity index (χ0n) is 6.56. The van der Waals surface area contributed by atoms with Crippen LogP contribution in [0.4, 0.5) is 0 Å². The Hall–Kier alpha value is 0.140. The predicted octanol–water partition coefficient (Wildman–Crippen LogP) is 2.92. The largest absolute Gasteiger partial charge is 0.326 e. The lowest BCUT2D eigenvalue weighted by Gasteiger charge is -1.91. The third-order valence-corrected chi connectivity index (χ3v) is 3.67. The van der Waals surface area contributed by atoms with Crippen molar-refractivity contribution in [2.24, 2.45) is 5.73 Å². The fourth-order valence-corrected chi connectivity index (χ4v) is 2.86. The molecule has 0 saturated carbocycles. The summed E-state index contributed by atoms with van der Waals surface area (Å²) in [6.45, 7) is 2.85. The Balaban J connectivity index is 2.79. The molecule has 0 aliphatic carbocycles. The number of rotatable bonds is 3. The number of halogens is 1. The first-order valence-corrected chi connectivity index (χ1v) is 5.36. The predicted molar refractivity (Wildman–Crippen MR) is 53.9 cm³/mol. The van der Waals surface area contributed by atoms with Gasteiger partial charge in [-0.2, -0.15) is 0 Å². The Bertz CT molecular complexity index is 232. The van der Waals surface area contributed by atoms with Crippen LogP contribution in [-0.2, 0) is 13.0 Å². The fourth-order valence-electron chi connectivity index (χ4n) is 0.956. The fraction of sp³-hybridized carbons (Fsp3) is 0.500. The second kappa shape index (κ2) is 4.24. The average Bonchev–Trinajstić information content (AvgIpc) is 2.33. The van der Waals surface area contributed by atoms with Gasteiger partial charge in [0.1, 0.15) is 0 Å². The normalized spacial score (nSPS) is 10.5. The summed E-state index contributed by atoms with van der Waals surface area (Å²) in [4.78, 5) is 2.69. The van der Waals surface area contributed by atoms with Crippen LogP contribution in [0.3, 0.4) is 0 Å². The SMILES string of the molecule is CCCc1sc(CN)cc1Br. The van der Waals surface area contributed by atoms with Gasteiger partial charge in [-0.1, -0.05) is 13.3 Å². The van der Waals surface area contributed by atoms with Crippen LogP contribution in [-0.4, -0.2) is 0 Å². The molecule has 0 spiro atoms. The molecule has 1 aromatic heterocycles. The van der Waals surface area contributed by atoms with Crippen molar-refractivity contribution < 1.29 is 0 Å². The first-order valence-electron chi connectivity index (χ1n) is 3.75. The van der Waals surface area contributed by atoms with Crippen LogP contribution in [0, 0.1) is 0 Å². The minimum Gasteiger partial charge on any atom is -0.326 e.